The maximum atomic E-state index is 10.8. The van der Waals surface area contributed by atoms with Crippen molar-refractivity contribution < 1.29 is 9.90 Å². The number of hydrogen-bond acceptors (Lipinski definition) is 4. The summed E-state index contributed by atoms with van der Waals surface area (Å²) in [6.45, 7) is 4.40. The van der Waals surface area contributed by atoms with Crippen molar-refractivity contribution in [1.82, 2.24) is 0 Å². The predicted octanol–water partition coefficient (Wildman–Crippen LogP) is 3.06. The first-order chi connectivity index (χ1) is 11.4. The van der Waals surface area contributed by atoms with Gasteiger partial charge in [-0.15, -0.1) is 0 Å². The van der Waals surface area contributed by atoms with E-state index in [2.05, 4.69) is 49.0 Å². The van der Waals surface area contributed by atoms with Crippen LogP contribution in [0.15, 0.2) is 65.3 Å². The zero-order valence-corrected chi connectivity index (χ0v) is 14.0. The van der Waals surface area contributed by atoms with Gasteiger partial charge in [0.2, 0.25) is 0 Å². The highest BCUT2D eigenvalue weighted by atomic mass is 16.4. The second-order valence-corrected chi connectivity index (χ2v) is 6.37. The largest absolute Gasteiger partial charge is 0.545 e. The second kappa shape index (κ2) is 5.96. The number of carbonyl (C=O) groups is 1. The summed E-state index contributed by atoms with van der Waals surface area (Å²) >= 11 is 0. The number of para-hydroxylation sites is 1. The molecule has 24 heavy (non-hydrogen) atoms. The minimum atomic E-state index is -1.18. The summed E-state index contributed by atoms with van der Waals surface area (Å²) in [5, 5.41) is 10.8. The number of carboxylic acid groups (broad SMARTS) is 1. The highest BCUT2D eigenvalue weighted by Crippen LogP contribution is 2.46. The third kappa shape index (κ3) is 2.71. The lowest BCUT2D eigenvalue weighted by Crippen LogP contribution is -2.23. The average Bonchev–Trinajstić information content (AvgIpc) is 2.76. The molecule has 0 bridgehead atoms. The van der Waals surface area contributed by atoms with Crippen molar-refractivity contribution in [3.63, 3.8) is 0 Å². The Morgan fingerprint density at radius 2 is 1.79 bits per heavy atom. The molecule has 0 radical (unpaired) electrons. The minimum absolute atomic E-state index is 0.0871. The maximum Gasteiger partial charge on any atom is 0.0715 e. The number of carbonyl (C=O) groups excluding carboxylic acids is 1. The van der Waals surface area contributed by atoms with Gasteiger partial charge in [-0.25, -0.2) is 0 Å². The summed E-state index contributed by atoms with van der Waals surface area (Å²) in [6.07, 6.45) is 3.76. The molecule has 4 nitrogen and oxygen atoms in total. The molecular weight excluding hydrogens is 300 g/mol. The van der Waals surface area contributed by atoms with Gasteiger partial charge >= 0.3 is 0 Å². The molecule has 1 aliphatic heterocycles. The van der Waals surface area contributed by atoms with Crippen molar-refractivity contribution in [2.75, 3.05) is 11.9 Å². The number of aromatic carboxylic acids is 1. The lowest BCUT2D eigenvalue weighted by atomic mass is 9.84. The van der Waals surface area contributed by atoms with Crippen molar-refractivity contribution >= 4 is 23.6 Å². The summed E-state index contributed by atoms with van der Waals surface area (Å²) in [4.78, 5) is 17.3. The van der Waals surface area contributed by atoms with E-state index in [9.17, 15) is 9.90 Å². The van der Waals surface area contributed by atoms with Gasteiger partial charge in [-0.3, -0.25) is 4.99 Å². The molecule has 0 atom stereocenters. The first-order valence-electron chi connectivity index (χ1n) is 7.81. The van der Waals surface area contributed by atoms with E-state index in [1.807, 2.05) is 12.1 Å². The molecule has 3 rings (SSSR count). The fraction of sp³-hybridized carbons (Fsp3) is 0.200. The maximum absolute atomic E-state index is 10.8. The highest BCUT2D eigenvalue weighted by Gasteiger charge is 2.37. The Balaban J connectivity index is 1.86. The molecule has 0 saturated carbocycles. The van der Waals surface area contributed by atoms with Crippen molar-refractivity contribution in [3.8, 4) is 0 Å². The Hall–Kier alpha value is -2.88. The molecule has 0 aliphatic carbocycles. The molecule has 0 amide bonds. The van der Waals surface area contributed by atoms with Crippen LogP contribution in [0.1, 0.15) is 29.8 Å². The number of nitrogens with zero attached hydrogens (tertiary/aromatic N) is 2. The summed E-state index contributed by atoms with van der Waals surface area (Å²) in [5.41, 5.74) is 4.44. The van der Waals surface area contributed by atoms with Gasteiger partial charge in [0, 0.05) is 30.1 Å². The quantitative estimate of drug-likeness (QED) is 0.817. The van der Waals surface area contributed by atoms with E-state index in [0.29, 0.717) is 5.69 Å². The number of allylic oxidation sites excluding steroid dienone is 2. The lowest BCUT2D eigenvalue weighted by molar-refractivity contribution is -0.255. The fourth-order valence-corrected chi connectivity index (χ4v) is 3.18. The third-order valence-electron chi connectivity index (χ3n) is 4.50. The highest BCUT2D eigenvalue weighted by molar-refractivity contribution is 5.86. The van der Waals surface area contributed by atoms with Gasteiger partial charge < -0.3 is 14.8 Å². The van der Waals surface area contributed by atoms with Gasteiger partial charge in [0.25, 0.3) is 0 Å². The molecule has 4 heteroatoms. The smallest absolute Gasteiger partial charge is 0.0715 e. The molecule has 0 fully saturated rings. The molecule has 0 saturated heterocycles. The van der Waals surface area contributed by atoms with Crippen LogP contribution in [0.3, 0.4) is 0 Å². The van der Waals surface area contributed by atoms with E-state index in [1.54, 1.807) is 18.3 Å². The van der Waals surface area contributed by atoms with Gasteiger partial charge in [-0.05, 0) is 35.4 Å². The summed E-state index contributed by atoms with van der Waals surface area (Å²) in [5.74, 6) is -1.18. The van der Waals surface area contributed by atoms with Gasteiger partial charge in [0.1, 0.15) is 0 Å². The van der Waals surface area contributed by atoms with Crippen LogP contribution in [0.2, 0.25) is 0 Å². The molecular formula is C20H19N2O2-. The standard InChI is InChI=1S/C20H20N2O2/c1-20(2)16-6-4-5-7-17(16)22(3)18(20)12-13-21-15-10-8-14(9-11-15)19(23)24/h4-13H,1-3H3,(H,23,24)/p-1/b18-12+,21-13?. The second-order valence-electron chi connectivity index (χ2n) is 6.37. The Kier molecular flexibility index (Phi) is 3.97. The van der Waals surface area contributed by atoms with Crippen molar-refractivity contribution in [3.05, 3.63) is 71.4 Å². The number of aliphatic imine (C=N–C) groups is 1. The molecule has 1 heterocycles. The molecule has 122 valence electrons. The summed E-state index contributed by atoms with van der Waals surface area (Å²) < 4.78 is 0. The van der Waals surface area contributed by atoms with E-state index in [-0.39, 0.29) is 11.0 Å². The van der Waals surface area contributed by atoms with Crippen LogP contribution in [0, 0.1) is 0 Å². The number of anilines is 1. The average molecular weight is 319 g/mol. The van der Waals surface area contributed by atoms with Gasteiger partial charge in [0.05, 0.1) is 11.7 Å². The molecule has 0 aromatic heterocycles. The van der Waals surface area contributed by atoms with Gasteiger partial charge in [-0.2, -0.15) is 0 Å². The Morgan fingerprint density at radius 1 is 1.12 bits per heavy atom. The first-order valence-corrected chi connectivity index (χ1v) is 7.81. The summed E-state index contributed by atoms with van der Waals surface area (Å²) in [6, 6.07) is 14.7. The zero-order chi connectivity index (χ0) is 17.3. The number of benzene rings is 2. The van der Waals surface area contributed by atoms with Crippen LogP contribution < -0.4 is 10.0 Å². The van der Waals surface area contributed by atoms with Gasteiger partial charge in [0.15, 0.2) is 0 Å². The van der Waals surface area contributed by atoms with Crippen molar-refractivity contribution in [2.24, 2.45) is 4.99 Å². The van der Waals surface area contributed by atoms with Gasteiger partial charge in [-0.1, -0.05) is 44.2 Å². The Morgan fingerprint density at radius 3 is 2.42 bits per heavy atom. The van der Waals surface area contributed by atoms with E-state index >= 15 is 0 Å². The molecule has 0 N–H and O–H groups in total. The van der Waals surface area contributed by atoms with E-state index in [0.717, 1.165) is 0 Å². The normalized spacial score (nSPS) is 17.5. The van der Waals surface area contributed by atoms with Crippen molar-refractivity contribution in [1.29, 1.82) is 0 Å². The molecule has 0 unspecified atom stereocenters. The number of likely N-dealkylation sites (N-methyl/N-ethyl adjacent to an activating group) is 1. The van der Waals surface area contributed by atoms with E-state index in [1.165, 1.54) is 29.1 Å². The molecule has 2 aromatic carbocycles. The Labute approximate surface area is 141 Å². The monoisotopic (exact) mass is 319 g/mol. The SMILES string of the molecule is CN1/C(=C/C=Nc2ccc(C(=O)[O-])cc2)C(C)(C)c2ccccc21. The minimum Gasteiger partial charge on any atom is -0.545 e. The van der Waals surface area contributed by atoms with Crippen LogP contribution in [0.4, 0.5) is 11.4 Å². The third-order valence-corrected chi connectivity index (χ3v) is 4.50. The number of hydrogen-bond donors (Lipinski definition) is 0. The lowest BCUT2D eigenvalue weighted by Gasteiger charge is -2.23. The van der Waals surface area contributed by atoms with Crippen LogP contribution in [0.25, 0.3) is 0 Å². The van der Waals surface area contributed by atoms with Crippen LogP contribution in [-0.2, 0) is 5.41 Å². The van der Waals surface area contributed by atoms with Crippen LogP contribution >= 0.6 is 0 Å². The number of carboxylic acids is 1. The van der Waals surface area contributed by atoms with Crippen LogP contribution in [-0.4, -0.2) is 19.2 Å². The molecule has 2 aromatic rings. The van der Waals surface area contributed by atoms with E-state index < -0.39 is 5.97 Å². The molecule has 0 spiro atoms. The first kappa shape index (κ1) is 16.0. The predicted molar refractivity (Wildman–Crippen MR) is 94.9 cm³/mol. The fourth-order valence-electron chi connectivity index (χ4n) is 3.18. The topological polar surface area (TPSA) is 55.7 Å². The van der Waals surface area contributed by atoms with Crippen molar-refractivity contribution in [2.45, 2.75) is 19.3 Å². The number of rotatable bonds is 3. The Bertz CT molecular complexity index is 833. The zero-order valence-electron chi connectivity index (χ0n) is 14.0. The van der Waals surface area contributed by atoms with E-state index in [4.69, 9.17) is 0 Å². The molecule has 1 aliphatic rings. The summed E-state index contributed by atoms with van der Waals surface area (Å²) in [7, 11) is 2.06. The number of fused-ring (bicyclic) bond motifs is 1. The van der Waals surface area contributed by atoms with Crippen LogP contribution in [0.5, 0.6) is 0 Å².